The van der Waals surface area contributed by atoms with Gasteiger partial charge in [-0.2, -0.15) is 0 Å². The van der Waals surface area contributed by atoms with Gasteiger partial charge in [0.1, 0.15) is 0 Å². The Bertz CT molecular complexity index is 1030. The fraction of sp³-hybridized carbons (Fsp3) is 0.400. The minimum atomic E-state index is -0.408. The lowest BCUT2D eigenvalue weighted by atomic mass is 10.1. The summed E-state index contributed by atoms with van der Waals surface area (Å²) in [5.41, 5.74) is 2.14. The summed E-state index contributed by atoms with van der Waals surface area (Å²) in [6, 6.07) is 10.9. The first-order valence-electron chi connectivity index (χ1n) is 11.4. The van der Waals surface area contributed by atoms with Crippen LogP contribution >= 0.6 is 12.2 Å². The van der Waals surface area contributed by atoms with Crippen molar-refractivity contribution >= 4 is 40.5 Å². The Labute approximate surface area is 211 Å². The molecular formula is C25H32N4O5S. The third-order valence-electron chi connectivity index (χ3n) is 5.74. The van der Waals surface area contributed by atoms with Crippen molar-refractivity contribution in [2.45, 2.75) is 19.8 Å². The van der Waals surface area contributed by atoms with E-state index in [1.807, 2.05) is 36.1 Å². The van der Waals surface area contributed by atoms with Crippen molar-refractivity contribution in [2.75, 3.05) is 57.7 Å². The van der Waals surface area contributed by atoms with Crippen LogP contribution in [0.5, 0.6) is 17.2 Å². The Morgan fingerprint density at radius 2 is 1.54 bits per heavy atom. The molecule has 0 spiro atoms. The van der Waals surface area contributed by atoms with Gasteiger partial charge in [0, 0.05) is 49.5 Å². The van der Waals surface area contributed by atoms with Gasteiger partial charge in [-0.1, -0.05) is 6.92 Å². The SMILES string of the molecule is CCCC(=O)N1CCN(c2ccc(NC(=S)NC(=O)c3cc(OC)c(OC)c(OC)c3)cc2)CC1. The number of benzene rings is 2. The van der Waals surface area contributed by atoms with Gasteiger partial charge in [0.25, 0.3) is 5.91 Å². The average Bonchev–Trinajstić information content (AvgIpc) is 2.88. The molecule has 2 aromatic rings. The Kier molecular flexibility index (Phi) is 9.13. The van der Waals surface area contributed by atoms with Crippen LogP contribution in [0, 0.1) is 0 Å². The second kappa shape index (κ2) is 12.3. The van der Waals surface area contributed by atoms with E-state index < -0.39 is 5.91 Å². The third-order valence-corrected chi connectivity index (χ3v) is 5.94. The summed E-state index contributed by atoms with van der Waals surface area (Å²) in [4.78, 5) is 29.0. The summed E-state index contributed by atoms with van der Waals surface area (Å²) in [6.07, 6.45) is 1.48. The van der Waals surface area contributed by atoms with E-state index in [4.69, 9.17) is 26.4 Å². The van der Waals surface area contributed by atoms with E-state index in [0.29, 0.717) is 29.2 Å². The summed E-state index contributed by atoms with van der Waals surface area (Å²) >= 11 is 5.32. The molecule has 2 N–H and O–H groups in total. The van der Waals surface area contributed by atoms with Gasteiger partial charge in [-0.05, 0) is 55.0 Å². The number of ether oxygens (including phenoxy) is 3. The molecule has 10 heteroatoms. The van der Waals surface area contributed by atoms with Crippen molar-refractivity contribution in [1.29, 1.82) is 0 Å². The molecule has 1 saturated heterocycles. The standard InChI is InChI=1S/C25H32N4O5S/c1-5-6-22(30)29-13-11-28(12-14-29)19-9-7-18(8-10-19)26-25(35)27-24(31)17-15-20(32-2)23(34-4)21(16-17)33-3/h7-10,15-16H,5-6,11-14H2,1-4H3,(H2,26,27,31,35). The number of hydrogen-bond acceptors (Lipinski definition) is 7. The van der Waals surface area contributed by atoms with Crippen molar-refractivity contribution < 1.29 is 23.8 Å². The molecule has 1 aliphatic heterocycles. The molecule has 1 fully saturated rings. The van der Waals surface area contributed by atoms with E-state index in [2.05, 4.69) is 15.5 Å². The van der Waals surface area contributed by atoms with Crippen LogP contribution in [0.2, 0.25) is 0 Å². The van der Waals surface area contributed by atoms with Crippen molar-refractivity contribution in [3.8, 4) is 17.2 Å². The smallest absolute Gasteiger partial charge is 0.257 e. The van der Waals surface area contributed by atoms with E-state index in [1.54, 1.807) is 12.1 Å². The van der Waals surface area contributed by atoms with Crippen LogP contribution in [-0.2, 0) is 4.79 Å². The predicted octanol–water partition coefficient (Wildman–Crippen LogP) is 3.29. The second-order valence-electron chi connectivity index (χ2n) is 7.99. The number of amides is 2. The van der Waals surface area contributed by atoms with Gasteiger partial charge in [-0.15, -0.1) is 0 Å². The van der Waals surface area contributed by atoms with Crippen LogP contribution in [-0.4, -0.2) is 69.3 Å². The molecule has 0 saturated carbocycles. The maximum absolute atomic E-state index is 12.7. The fourth-order valence-electron chi connectivity index (χ4n) is 3.89. The lowest BCUT2D eigenvalue weighted by Crippen LogP contribution is -2.48. The van der Waals surface area contributed by atoms with Crippen LogP contribution in [0.25, 0.3) is 0 Å². The molecule has 9 nitrogen and oxygen atoms in total. The first kappa shape index (κ1) is 26.1. The van der Waals surface area contributed by atoms with Crippen LogP contribution in [0.4, 0.5) is 11.4 Å². The molecule has 0 radical (unpaired) electrons. The Balaban J connectivity index is 1.56. The molecule has 0 atom stereocenters. The number of rotatable bonds is 8. The quantitative estimate of drug-likeness (QED) is 0.534. The van der Waals surface area contributed by atoms with Gasteiger partial charge < -0.3 is 29.3 Å². The zero-order valence-corrected chi connectivity index (χ0v) is 21.4. The third kappa shape index (κ3) is 6.54. The molecule has 0 unspecified atom stereocenters. The summed E-state index contributed by atoms with van der Waals surface area (Å²) < 4.78 is 15.9. The summed E-state index contributed by atoms with van der Waals surface area (Å²) in [7, 11) is 4.47. The lowest BCUT2D eigenvalue weighted by Gasteiger charge is -2.36. The number of nitrogens with zero attached hydrogens (tertiary/aromatic N) is 2. The van der Waals surface area contributed by atoms with Crippen LogP contribution in [0.1, 0.15) is 30.1 Å². The number of anilines is 2. The molecule has 1 heterocycles. The van der Waals surface area contributed by atoms with E-state index in [-0.39, 0.29) is 11.0 Å². The molecule has 0 aliphatic carbocycles. The van der Waals surface area contributed by atoms with Crippen LogP contribution in [0.3, 0.4) is 0 Å². The number of carbonyl (C=O) groups is 2. The van der Waals surface area contributed by atoms with Gasteiger partial charge in [-0.3, -0.25) is 14.9 Å². The monoisotopic (exact) mass is 500 g/mol. The van der Waals surface area contributed by atoms with Crippen molar-refractivity contribution in [1.82, 2.24) is 10.2 Å². The zero-order valence-electron chi connectivity index (χ0n) is 20.6. The average molecular weight is 501 g/mol. The van der Waals surface area contributed by atoms with Gasteiger partial charge in [-0.25, -0.2) is 0 Å². The van der Waals surface area contributed by atoms with E-state index in [0.717, 1.165) is 44.0 Å². The van der Waals surface area contributed by atoms with E-state index >= 15 is 0 Å². The molecule has 3 rings (SSSR count). The van der Waals surface area contributed by atoms with Crippen LogP contribution in [0.15, 0.2) is 36.4 Å². The van der Waals surface area contributed by atoms with E-state index in [1.165, 1.54) is 21.3 Å². The first-order chi connectivity index (χ1) is 16.9. The largest absolute Gasteiger partial charge is 0.493 e. The maximum atomic E-state index is 12.7. The molecule has 35 heavy (non-hydrogen) atoms. The molecule has 0 bridgehead atoms. The number of nitrogens with one attached hydrogen (secondary N) is 2. The molecule has 0 aromatic heterocycles. The number of piperazine rings is 1. The summed E-state index contributed by atoms with van der Waals surface area (Å²) in [5.74, 6) is 0.980. The minimum absolute atomic E-state index is 0.166. The zero-order chi connectivity index (χ0) is 25.4. The fourth-order valence-corrected chi connectivity index (χ4v) is 4.10. The molecule has 188 valence electrons. The van der Waals surface area contributed by atoms with Gasteiger partial charge in [0.15, 0.2) is 16.6 Å². The van der Waals surface area contributed by atoms with Crippen LogP contribution < -0.4 is 29.7 Å². The van der Waals surface area contributed by atoms with Gasteiger partial charge in [0.2, 0.25) is 11.7 Å². The lowest BCUT2D eigenvalue weighted by molar-refractivity contribution is -0.131. The summed E-state index contributed by atoms with van der Waals surface area (Å²) in [5, 5.41) is 5.87. The summed E-state index contributed by atoms with van der Waals surface area (Å²) in [6.45, 7) is 5.08. The number of carbonyl (C=O) groups excluding carboxylic acids is 2. The maximum Gasteiger partial charge on any atom is 0.257 e. The Hall–Kier alpha value is -3.53. The van der Waals surface area contributed by atoms with Gasteiger partial charge in [0.05, 0.1) is 21.3 Å². The highest BCUT2D eigenvalue weighted by Gasteiger charge is 2.21. The predicted molar refractivity (Wildman–Crippen MR) is 140 cm³/mol. The van der Waals surface area contributed by atoms with Crippen molar-refractivity contribution in [2.24, 2.45) is 0 Å². The molecular weight excluding hydrogens is 468 g/mol. The number of hydrogen-bond donors (Lipinski definition) is 2. The highest BCUT2D eigenvalue weighted by molar-refractivity contribution is 7.80. The van der Waals surface area contributed by atoms with E-state index in [9.17, 15) is 9.59 Å². The first-order valence-corrected chi connectivity index (χ1v) is 11.9. The highest BCUT2D eigenvalue weighted by Crippen LogP contribution is 2.38. The highest BCUT2D eigenvalue weighted by atomic mass is 32.1. The number of methoxy groups -OCH3 is 3. The molecule has 2 amide bonds. The normalized spacial score (nSPS) is 13.1. The topological polar surface area (TPSA) is 92.4 Å². The minimum Gasteiger partial charge on any atom is -0.493 e. The van der Waals surface area contributed by atoms with Crippen molar-refractivity contribution in [3.05, 3.63) is 42.0 Å². The Morgan fingerprint density at radius 3 is 2.06 bits per heavy atom. The second-order valence-corrected chi connectivity index (χ2v) is 8.40. The molecule has 1 aliphatic rings. The van der Waals surface area contributed by atoms with Crippen molar-refractivity contribution in [3.63, 3.8) is 0 Å². The van der Waals surface area contributed by atoms with Gasteiger partial charge >= 0.3 is 0 Å². The molecule has 2 aromatic carbocycles. The Morgan fingerprint density at radius 1 is 0.943 bits per heavy atom. The number of thiocarbonyl (C=S) groups is 1.